The van der Waals surface area contributed by atoms with Crippen LogP contribution in [-0.2, 0) is 11.3 Å². The zero-order valence-corrected chi connectivity index (χ0v) is 10.00. The van der Waals surface area contributed by atoms with E-state index >= 15 is 0 Å². The van der Waals surface area contributed by atoms with Crippen LogP contribution in [0, 0.1) is 0 Å². The van der Waals surface area contributed by atoms with Crippen LogP contribution in [0.15, 0.2) is 22.8 Å². The van der Waals surface area contributed by atoms with Crippen LogP contribution in [0.2, 0.25) is 0 Å². The van der Waals surface area contributed by atoms with Crippen molar-refractivity contribution in [2.24, 2.45) is 0 Å². The summed E-state index contributed by atoms with van der Waals surface area (Å²) >= 11 is 1.70. The first-order valence-electron chi connectivity index (χ1n) is 5.20. The number of furan rings is 1. The third kappa shape index (κ3) is 1.97. The van der Waals surface area contributed by atoms with Gasteiger partial charge >= 0.3 is 5.97 Å². The second-order valence-corrected chi connectivity index (χ2v) is 5.18. The molecule has 2 heterocycles. The first-order chi connectivity index (χ1) is 7.65. The molecule has 0 aromatic carbocycles. The fraction of sp³-hybridized carbons (Fsp3) is 0.545. The van der Waals surface area contributed by atoms with Crippen LogP contribution < -0.4 is 0 Å². The highest BCUT2D eigenvalue weighted by molar-refractivity contribution is 7.99. The van der Waals surface area contributed by atoms with Gasteiger partial charge in [0.25, 0.3) is 0 Å². The van der Waals surface area contributed by atoms with Crippen LogP contribution in [0.4, 0.5) is 0 Å². The van der Waals surface area contributed by atoms with Crippen molar-refractivity contribution in [3.05, 3.63) is 24.2 Å². The Labute approximate surface area is 98.6 Å². The van der Waals surface area contributed by atoms with Crippen LogP contribution in [0.5, 0.6) is 0 Å². The Morgan fingerprint density at radius 3 is 3.06 bits per heavy atom. The summed E-state index contributed by atoms with van der Waals surface area (Å²) in [6.07, 6.45) is 2.31. The number of nitrogens with zero attached hydrogens (tertiary/aromatic N) is 1. The normalized spacial score (nSPS) is 25.1. The molecule has 0 saturated carbocycles. The van der Waals surface area contributed by atoms with Gasteiger partial charge in [0.2, 0.25) is 0 Å². The topological polar surface area (TPSA) is 53.7 Å². The van der Waals surface area contributed by atoms with Crippen molar-refractivity contribution in [2.45, 2.75) is 18.5 Å². The van der Waals surface area contributed by atoms with Crippen molar-refractivity contribution in [3.8, 4) is 0 Å². The molecule has 0 radical (unpaired) electrons. The van der Waals surface area contributed by atoms with E-state index in [1.807, 2.05) is 24.1 Å². The molecule has 1 aliphatic rings. The van der Waals surface area contributed by atoms with Gasteiger partial charge in [-0.25, -0.2) is 0 Å². The van der Waals surface area contributed by atoms with Crippen molar-refractivity contribution in [3.63, 3.8) is 0 Å². The van der Waals surface area contributed by atoms with Crippen molar-refractivity contribution < 1.29 is 14.3 Å². The standard InChI is InChI=1S/C11H15NO3S/c1-12(7-9-3-2-5-15-9)11(10(13)14)4-6-16-8-11/h2-3,5H,4,6-8H2,1H3,(H,13,14). The number of carboxylic acids is 1. The summed E-state index contributed by atoms with van der Waals surface area (Å²) in [5.41, 5.74) is -0.725. The van der Waals surface area contributed by atoms with Gasteiger partial charge in [-0.1, -0.05) is 0 Å². The number of aliphatic carboxylic acids is 1. The molecule has 1 unspecified atom stereocenters. The largest absolute Gasteiger partial charge is 0.480 e. The van der Waals surface area contributed by atoms with E-state index in [1.54, 1.807) is 18.0 Å². The van der Waals surface area contributed by atoms with Crippen molar-refractivity contribution in [1.29, 1.82) is 0 Å². The lowest BCUT2D eigenvalue weighted by atomic mass is 9.97. The summed E-state index contributed by atoms with van der Waals surface area (Å²) < 4.78 is 5.25. The van der Waals surface area contributed by atoms with Gasteiger partial charge in [0.1, 0.15) is 11.3 Å². The average molecular weight is 241 g/mol. The maximum atomic E-state index is 11.4. The van der Waals surface area contributed by atoms with E-state index in [-0.39, 0.29) is 0 Å². The molecule has 1 N–H and O–H groups in total. The smallest absolute Gasteiger partial charge is 0.325 e. The zero-order chi connectivity index (χ0) is 11.6. The highest BCUT2D eigenvalue weighted by atomic mass is 32.2. The minimum atomic E-state index is -0.730. The lowest BCUT2D eigenvalue weighted by molar-refractivity contribution is -0.149. The molecule has 5 heteroatoms. The molecule has 0 spiro atoms. The molecule has 1 aromatic rings. The molecular formula is C11H15NO3S. The third-order valence-electron chi connectivity index (χ3n) is 3.10. The Kier molecular flexibility index (Phi) is 3.25. The highest BCUT2D eigenvalue weighted by Crippen LogP contribution is 2.33. The van der Waals surface area contributed by atoms with Crippen LogP contribution >= 0.6 is 11.8 Å². The quantitative estimate of drug-likeness (QED) is 0.869. The maximum absolute atomic E-state index is 11.4. The van der Waals surface area contributed by atoms with Gasteiger partial charge in [-0.15, -0.1) is 0 Å². The molecule has 0 amide bonds. The summed E-state index contributed by atoms with van der Waals surface area (Å²) in [5, 5.41) is 9.38. The van der Waals surface area contributed by atoms with Gasteiger partial charge in [0.15, 0.2) is 0 Å². The molecule has 1 saturated heterocycles. The molecule has 1 aromatic heterocycles. The van der Waals surface area contributed by atoms with Gasteiger partial charge in [0.05, 0.1) is 12.8 Å². The molecule has 1 aliphatic heterocycles. The van der Waals surface area contributed by atoms with Crippen LogP contribution in [-0.4, -0.2) is 40.1 Å². The average Bonchev–Trinajstić information content (AvgIpc) is 2.87. The number of rotatable bonds is 4. The summed E-state index contributed by atoms with van der Waals surface area (Å²) in [5.74, 6) is 1.64. The number of carboxylic acid groups (broad SMARTS) is 1. The lowest BCUT2D eigenvalue weighted by Gasteiger charge is -2.33. The molecule has 88 valence electrons. The van der Waals surface area contributed by atoms with Gasteiger partial charge < -0.3 is 9.52 Å². The number of carbonyl (C=O) groups is 1. The summed E-state index contributed by atoms with van der Waals surface area (Å²) in [6.45, 7) is 0.542. The molecule has 1 fully saturated rings. The summed E-state index contributed by atoms with van der Waals surface area (Å²) in [4.78, 5) is 13.3. The Morgan fingerprint density at radius 1 is 1.75 bits per heavy atom. The van der Waals surface area contributed by atoms with Gasteiger partial charge in [-0.3, -0.25) is 9.69 Å². The molecule has 0 aliphatic carbocycles. The Balaban J connectivity index is 2.12. The number of likely N-dealkylation sites (N-methyl/N-ethyl adjacent to an activating group) is 1. The SMILES string of the molecule is CN(Cc1ccco1)C1(C(=O)O)CCSC1. The minimum Gasteiger partial charge on any atom is -0.480 e. The van der Waals surface area contributed by atoms with E-state index in [2.05, 4.69) is 0 Å². The van der Waals surface area contributed by atoms with E-state index in [0.29, 0.717) is 18.7 Å². The second-order valence-electron chi connectivity index (χ2n) is 4.07. The molecular weight excluding hydrogens is 226 g/mol. The van der Waals surface area contributed by atoms with E-state index < -0.39 is 11.5 Å². The van der Waals surface area contributed by atoms with Crippen molar-refractivity contribution >= 4 is 17.7 Å². The fourth-order valence-corrected chi connectivity index (χ4v) is 3.43. The molecule has 16 heavy (non-hydrogen) atoms. The first kappa shape index (κ1) is 11.5. The van der Waals surface area contributed by atoms with Gasteiger partial charge in [0, 0.05) is 5.75 Å². The number of thioether (sulfide) groups is 1. The molecule has 4 nitrogen and oxygen atoms in total. The molecule has 1 atom stereocenters. The molecule has 0 bridgehead atoms. The van der Waals surface area contributed by atoms with Crippen molar-refractivity contribution in [2.75, 3.05) is 18.6 Å². The van der Waals surface area contributed by atoms with Crippen LogP contribution in [0.25, 0.3) is 0 Å². The van der Waals surface area contributed by atoms with E-state index in [0.717, 1.165) is 11.5 Å². The van der Waals surface area contributed by atoms with E-state index in [4.69, 9.17) is 4.42 Å². The fourth-order valence-electron chi connectivity index (χ4n) is 1.97. The van der Waals surface area contributed by atoms with Gasteiger partial charge in [-0.2, -0.15) is 11.8 Å². The Morgan fingerprint density at radius 2 is 2.56 bits per heavy atom. The highest BCUT2D eigenvalue weighted by Gasteiger charge is 2.45. The number of hydrogen-bond acceptors (Lipinski definition) is 4. The van der Waals surface area contributed by atoms with Crippen LogP contribution in [0.3, 0.4) is 0 Å². The maximum Gasteiger partial charge on any atom is 0.325 e. The Hall–Kier alpha value is -0.940. The monoisotopic (exact) mass is 241 g/mol. The Bertz CT molecular complexity index is 357. The second kappa shape index (κ2) is 4.51. The minimum absolute atomic E-state index is 0.542. The third-order valence-corrected chi connectivity index (χ3v) is 4.28. The number of hydrogen-bond donors (Lipinski definition) is 1. The molecule has 2 rings (SSSR count). The lowest BCUT2D eigenvalue weighted by Crippen LogP contribution is -2.52. The first-order valence-corrected chi connectivity index (χ1v) is 6.35. The van der Waals surface area contributed by atoms with Crippen LogP contribution in [0.1, 0.15) is 12.2 Å². The zero-order valence-electron chi connectivity index (χ0n) is 9.18. The summed E-state index contributed by atoms with van der Waals surface area (Å²) in [7, 11) is 1.85. The van der Waals surface area contributed by atoms with E-state index in [9.17, 15) is 9.90 Å². The van der Waals surface area contributed by atoms with Crippen molar-refractivity contribution in [1.82, 2.24) is 4.90 Å². The predicted octanol–water partition coefficient (Wildman–Crippen LogP) is 1.67. The summed E-state index contributed by atoms with van der Waals surface area (Å²) in [6, 6.07) is 3.69. The van der Waals surface area contributed by atoms with Gasteiger partial charge in [-0.05, 0) is 31.4 Å². The van der Waals surface area contributed by atoms with E-state index in [1.165, 1.54) is 0 Å². The predicted molar refractivity (Wildman–Crippen MR) is 62.5 cm³/mol.